The number of phenols is 1. The number of aromatic hydroxyl groups is 1. The predicted molar refractivity (Wildman–Crippen MR) is 195 cm³/mol. The highest BCUT2D eigenvalue weighted by molar-refractivity contribution is 5.87. The number of aromatic amines is 1. The lowest BCUT2D eigenvalue weighted by Crippen LogP contribution is -2.57. The predicted octanol–water partition coefficient (Wildman–Crippen LogP) is 2.63. The van der Waals surface area contributed by atoms with Crippen LogP contribution in [0.3, 0.4) is 0 Å². The largest absolute Gasteiger partial charge is 0.506 e. The minimum atomic E-state index is -0.855. The van der Waals surface area contributed by atoms with Crippen molar-refractivity contribution in [3.8, 4) is 5.75 Å². The van der Waals surface area contributed by atoms with Crippen molar-refractivity contribution >= 4 is 22.6 Å². The molecular formula is C38H49N7O6. The number of phenolic OH excluding ortho intramolecular Hbond substituents is 1. The van der Waals surface area contributed by atoms with Crippen molar-refractivity contribution in [1.29, 1.82) is 0 Å². The maximum atomic E-state index is 12.6. The fraction of sp³-hybridized carbons (Fsp3) is 0.474. The molecule has 1 unspecified atom stereocenters. The molecule has 2 aliphatic heterocycles. The van der Waals surface area contributed by atoms with Gasteiger partial charge in [-0.15, -0.1) is 0 Å². The van der Waals surface area contributed by atoms with E-state index in [-0.39, 0.29) is 29.4 Å². The van der Waals surface area contributed by atoms with Crippen molar-refractivity contribution < 1.29 is 24.5 Å². The molecule has 4 heterocycles. The highest BCUT2D eigenvalue weighted by Gasteiger charge is 2.40. The number of nitrogens with one attached hydrogen (secondary N) is 2. The molecule has 2 aliphatic rings. The Kier molecular flexibility index (Phi) is 12.3. The van der Waals surface area contributed by atoms with Crippen LogP contribution >= 0.6 is 0 Å². The number of anilines is 1. The van der Waals surface area contributed by atoms with Crippen LogP contribution in [-0.4, -0.2) is 119 Å². The Morgan fingerprint density at radius 1 is 1.12 bits per heavy atom. The van der Waals surface area contributed by atoms with Gasteiger partial charge in [0, 0.05) is 83.3 Å². The number of carbonyl (C=O) groups is 1. The minimum Gasteiger partial charge on any atom is -0.506 e. The fourth-order valence-corrected chi connectivity index (χ4v) is 6.97. The second kappa shape index (κ2) is 17.2. The van der Waals surface area contributed by atoms with Crippen molar-refractivity contribution in [2.75, 3.05) is 77.6 Å². The van der Waals surface area contributed by atoms with Gasteiger partial charge in [0.05, 0.1) is 49.7 Å². The average molecular weight is 700 g/mol. The molecule has 0 bridgehead atoms. The summed E-state index contributed by atoms with van der Waals surface area (Å²) in [5.74, 6) is 0.867. The smallest absolute Gasteiger partial charge is 0.248 e. The molecule has 0 aliphatic carbocycles. The van der Waals surface area contributed by atoms with Crippen LogP contribution in [-0.2, 0) is 27.2 Å². The van der Waals surface area contributed by atoms with Gasteiger partial charge in [0.2, 0.25) is 11.5 Å². The number of aliphatic hydroxyl groups is 1. The molecule has 4 N–H and O–H groups in total. The lowest BCUT2D eigenvalue weighted by molar-refractivity contribution is -0.131. The number of hydrogen-bond acceptors (Lipinski definition) is 11. The minimum absolute atomic E-state index is 0.00350. The van der Waals surface area contributed by atoms with Crippen LogP contribution in [0.2, 0.25) is 0 Å². The summed E-state index contributed by atoms with van der Waals surface area (Å²) in [5, 5.41) is 24.6. The molecule has 2 aromatic carbocycles. The van der Waals surface area contributed by atoms with Crippen molar-refractivity contribution in [2.24, 2.45) is 0 Å². The molecule has 1 spiro atoms. The second-order valence-electron chi connectivity index (χ2n) is 13.5. The summed E-state index contributed by atoms with van der Waals surface area (Å²) >= 11 is 0. The molecule has 0 radical (unpaired) electrons. The van der Waals surface area contributed by atoms with E-state index < -0.39 is 6.10 Å². The number of pyridine rings is 1. The first-order valence-corrected chi connectivity index (χ1v) is 17.8. The van der Waals surface area contributed by atoms with E-state index in [0.29, 0.717) is 55.8 Å². The number of amides is 1. The first kappa shape index (κ1) is 36.4. The van der Waals surface area contributed by atoms with E-state index in [1.807, 2.05) is 6.20 Å². The zero-order chi connectivity index (χ0) is 35.6. The van der Waals surface area contributed by atoms with Crippen LogP contribution in [0.25, 0.3) is 10.9 Å². The van der Waals surface area contributed by atoms with E-state index in [1.54, 1.807) is 36.5 Å². The number of H-pyrrole nitrogens is 1. The molecular weight excluding hydrogens is 650 g/mol. The molecule has 4 aromatic rings. The molecule has 13 heteroatoms. The van der Waals surface area contributed by atoms with Crippen molar-refractivity contribution in [2.45, 2.75) is 43.9 Å². The zero-order valence-electron chi connectivity index (χ0n) is 29.3. The average Bonchev–Trinajstić information content (AvgIpc) is 3.15. The number of aliphatic hydroxyl groups excluding tert-OH is 1. The van der Waals surface area contributed by atoms with Gasteiger partial charge in [-0.25, -0.2) is 4.98 Å². The monoisotopic (exact) mass is 699 g/mol. The Hall–Kier alpha value is -4.40. The van der Waals surface area contributed by atoms with E-state index in [1.165, 1.54) is 23.3 Å². The number of piperidine rings is 1. The van der Waals surface area contributed by atoms with E-state index in [9.17, 15) is 19.8 Å². The number of hydrogen-bond donors (Lipinski definition) is 4. The Morgan fingerprint density at radius 2 is 1.96 bits per heavy atom. The summed E-state index contributed by atoms with van der Waals surface area (Å²) < 4.78 is 12.2. The van der Waals surface area contributed by atoms with Gasteiger partial charge in [-0.1, -0.05) is 30.3 Å². The highest BCUT2D eigenvalue weighted by Crippen LogP contribution is 2.32. The summed E-state index contributed by atoms with van der Waals surface area (Å²) in [4.78, 5) is 42.1. The molecule has 0 saturated carbocycles. The number of carbonyl (C=O) groups excluding carboxylic acids is 1. The lowest BCUT2D eigenvalue weighted by Gasteiger charge is -2.47. The number of likely N-dealkylation sites (N-methyl/N-ethyl adjacent to an activating group) is 1. The third-order valence-electron chi connectivity index (χ3n) is 9.94. The van der Waals surface area contributed by atoms with E-state index in [4.69, 9.17) is 9.47 Å². The standard InChI is InChI=1S/C38H49N7O6/c1-43(18-15-40-24-33(47)30-5-7-32(46)37-31(30)6-8-35(48)42-37)36(49)10-21-50-20-9-28-3-2-4-29(23-28)26-44-16-11-38(12-17-44)27-45(19-22-51-38)34-25-39-13-14-41-34/h2-8,13-14,23,25,33,40,46-47H,9-12,15-22,24,26-27H2,1H3,(H,42,48). The summed E-state index contributed by atoms with van der Waals surface area (Å²) in [6, 6.07) is 14.7. The zero-order valence-corrected chi connectivity index (χ0v) is 29.3. The number of aromatic nitrogens is 3. The van der Waals surface area contributed by atoms with Gasteiger partial charge in [-0.05, 0) is 48.1 Å². The van der Waals surface area contributed by atoms with Crippen LogP contribution in [0.15, 0.2) is 71.9 Å². The number of rotatable bonds is 15. The SMILES string of the molecule is CN(CCNCC(O)c1ccc(O)c2[nH]c(=O)ccc12)C(=O)CCOCCc1cccc(CN2CCC3(CC2)CN(c2cnccn2)CCO3)c1. The van der Waals surface area contributed by atoms with E-state index >= 15 is 0 Å². The van der Waals surface area contributed by atoms with Crippen LogP contribution in [0.1, 0.15) is 42.1 Å². The van der Waals surface area contributed by atoms with Gasteiger partial charge in [0.15, 0.2) is 0 Å². The number of ether oxygens (including phenoxy) is 2. The van der Waals surface area contributed by atoms with E-state index in [0.717, 1.165) is 57.8 Å². The molecule has 2 aromatic heterocycles. The van der Waals surface area contributed by atoms with Crippen LogP contribution in [0.4, 0.5) is 5.82 Å². The Balaban J connectivity index is 0.849. The van der Waals surface area contributed by atoms with Gasteiger partial charge < -0.3 is 39.8 Å². The summed E-state index contributed by atoms with van der Waals surface area (Å²) in [6.45, 7) is 7.43. The molecule has 272 valence electrons. The van der Waals surface area contributed by atoms with Gasteiger partial charge in [-0.2, -0.15) is 0 Å². The summed E-state index contributed by atoms with van der Waals surface area (Å²) in [5.41, 5.74) is 2.95. The van der Waals surface area contributed by atoms with Gasteiger partial charge in [-0.3, -0.25) is 19.5 Å². The first-order chi connectivity index (χ1) is 24.8. The molecule has 2 saturated heterocycles. The molecule has 13 nitrogen and oxygen atoms in total. The van der Waals surface area contributed by atoms with Crippen LogP contribution < -0.4 is 15.8 Å². The topological polar surface area (TPSA) is 156 Å². The maximum Gasteiger partial charge on any atom is 0.248 e. The number of morpholine rings is 1. The normalized spacial score (nSPS) is 16.8. The quantitative estimate of drug-likeness (QED) is 0.135. The molecule has 1 amide bonds. The van der Waals surface area contributed by atoms with Gasteiger partial charge >= 0.3 is 0 Å². The third-order valence-corrected chi connectivity index (χ3v) is 9.94. The Morgan fingerprint density at radius 3 is 2.78 bits per heavy atom. The maximum absolute atomic E-state index is 12.6. The first-order valence-electron chi connectivity index (χ1n) is 17.8. The van der Waals surface area contributed by atoms with E-state index in [2.05, 4.69) is 54.3 Å². The highest BCUT2D eigenvalue weighted by atomic mass is 16.5. The van der Waals surface area contributed by atoms with Crippen molar-refractivity contribution in [1.82, 2.24) is 30.1 Å². The van der Waals surface area contributed by atoms with Crippen LogP contribution in [0, 0.1) is 0 Å². The molecule has 1 atom stereocenters. The molecule has 6 rings (SSSR count). The number of benzene rings is 2. The number of fused-ring (bicyclic) bond motifs is 1. The van der Waals surface area contributed by atoms with Gasteiger partial charge in [0.25, 0.3) is 0 Å². The molecule has 51 heavy (non-hydrogen) atoms. The van der Waals surface area contributed by atoms with Crippen molar-refractivity contribution in [3.05, 3.63) is 94.2 Å². The Bertz CT molecular complexity index is 1800. The summed E-state index contributed by atoms with van der Waals surface area (Å²) in [7, 11) is 1.76. The fourth-order valence-electron chi connectivity index (χ4n) is 6.97. The third kappa shape index (κ3) is 9.69. The van der Waals surface area contributed by atoms with Crippen LogP contribution in [0.5, 0.6) is 5.75 Å². The van der Waals surface area contributed by atoms with Gasteiger partial charge in [0.1, 0.15) is 11.6 Å². The lowest BCUT2D eigenvalue weighted by atomic mass is 9.89. The van der Waals surface area contributed by atoms with Crippen molar-refractivity contribution in [3.63, 3.8) is 0 Å². The number of likely N-dealkylation sites (tertiary alicyclic amines) is 1. The number of nitrogens with zero attached hydrogens (tertiary/aromatic N) is 5. The summed E-state index contributed by atoms with van der Waals surface area (Å²) in [6.07, 6.45) is 7.50. The molecule has 2 fully saturated rings. The Labute approximate surface area is 298 Å². The second-order valence-corrected chi connectivity index (χ2v) is 13.5.